The molecule has 0 bridgehead atoms. The maximum Gasteiger partial charge on any atom is 0.122 e. The second-order valence-electron chi connectivity index (χ2n) is 6.18. The van der Waals surface area contributed by atoms with Crippen LogP contribution in [0.25, 0.3) is 0 Å². The molecular formula is C17H22BrNOSi. The summed E-state index contributed by atoms with van der Waals surface area (Å²) < 4.78 is 6.29. The van der Waals surface area contributed by atoms with Crippen molar-refractivity contribution in [1.29, 1.82) is 0 Å². The first-order valence-corrected chi connectivity index (χ1v) is 11.4. The van der Waals surface area contributed by atoms with Gasteiger partial charge in [-0.05, 0) is 17.7 Å². The number of benzene rings is 2. The molecule has 0 unspecified atom stereocenters. The number of anilines is 1. The number of hydrogen-bond acceptors (Lipinski definition) is 2. The van der Waals surface area contributed by atoms with Gasteiger partial charge in [-0.1, -0.05) is 65.0 Å². The van der Waals surface area contributed by atoms with E-state index in [0.29, 0.717) is 0 Å². The number of rotatable bonds is 5. The second-order valence-corrected chi connectivity index (χ2v) is 12.2. The van der Waals surface area contributed by atoms with E-state index < -0.39 is 8.07 Å². The third kappa shape index (κ3) is 4.61. The Morgan fingerprint density at radius 2 is 1.71 bits per heavy atom. The van der Waals surface area contributed by atoms with Crippen molar-refractivity contribution in [2.75, 3.05) is 12.4 Å². The highest BCUT2D eigenvalue weighted by Gasteiger charge is 2.15. The Bertz CT molecular complexity index is 605. The third-order valence-electron chi connectivity index (χ3n) is 3.42. The van der Waals surface area contributed by atoms with Crippen molar-refractivity contribution in [3.63, 3.8) is 0 Å². The summed E-state index contributed by atoms with van der Waals surface area (Å²) in [5.74, 6) is 0.848. The highest BCUT2D eigenvalue weighted by Crippen LogP contribution is 2.24. The Morgan fingerprint density at radius 1 is 1.05 bits per heavy atom. The van der Waals surface area contributed by atoms with Crippen LogP contribution in [0.2, 0.25) is 19.6 Å². The molecule has 0 aromatic heterocycles. The Balaban J connectivity index is 2.05. The second kappa shape index (κ2) is 6.67. The zero-order chi connectivity index (χ0) is 15.5. The standard InChI is InChI=1S/C17H22BrNOSi/c1-20-16-10-14(18)9-15(11-16)19-12-13-5-7-17(8-6-13)21(2,3)4/h5-11,19H,12H2,1-4H3. The lowest BCUT2D eigenvalue weighted by Crippen LogP contribution is -2.37. The average molecular weight is 364 g/mol. The van der Waals surface area contributed by atoms with Crippen molar-refractivity contribution >= 4 is 34.9 Å². The molecule has 0 atom stereocenters. The highest BCUT2D eigenvalue weighted by molar-refractivity contribution is 9.10. The normalized spacial score (nSPS) is 11.3. The molecule has 0 aliphatic carbocycles. The molecule has 4 heteroatoms. The van der Waals surface area contributed by atoms with Gasteiger partial charge in [-0.25, -0.2) is 0 Å². The molecular weight excluding hydrogens is 342 g/mol. The molecule has 0 heterocycles. The van der Waals surface area contributed by atoms with E-state index in [1.165, 1.54) is 10.8 Å². The molecule has 2 rings (SSSR count). The van der Waals surface area contributed by atoms with Crippen LogP contribution in [-0.2, 0) is 6.54 Å². The van der Waals surface area contributed by atoms with Gasteiger partial charge in [-0.3, -0.25) is 0 Å². The summed E-state index contributed by atoms with van der Waals surface area (Å²) in [6.45, 7) is 7.92. The Morgan fingerprint density at radius 3 is 2.29 bits per heavy atom. The molecule has 2 aromatic rings. The van der Waals surface area contributed by atoms with Crippen molar-refractivity contribution in [3.05, 3.63) is 52.5 Å². The highest BCUT2D eigenvalue weighted by atomic mass is 79.9. The lowest BCUT2D eigenvalue weighted by atomic mass is 10.2. The molecule has 112 valence electrons. The maximum absolute atomic E-state index is 5.28. The van der Waals surface area contributed by atoms with Gasteiger partial charge in [0.05, 0.1) is 15.2 Å². The van der Waals surface area contributed by atoms with Gasteiger partial charge in [0.1, 0.15) is 5.75 Å². The molecule has 1 N–H and O–H groups in total. The Labute approximate surface area is 136 Å². The van der Waals surface area contributed by atoms with Crippen LogP contribution < -0.4 is 15.2 Å². The van der Waals surface area contributed by atoms with Crippen molar-refractivity contribution < 1.29 is 4.74 Å². The zero-order valence-corrected chi connectivity index (χ0v) is 15.6. The van der Waals surface area contributed by atoms with Gasteiger partial charge in [0.25, 0.3) is 0 Å². The van der Waals surface area contributed by atoms with Crippen LogP contribution in [0.3, 0.4) is 0 Å². The van der Waals surface area contributed by atoms with Gasteiger partial charge >= 0.3 is 0 Å². The van der Waals surface area contributed by atoms with Gasteiger partial charge < -0.3 is 10.1 Å². The molecule has 0 radical (unpaired) electrons. The van der Waals surface area contributed by atoms with E-state index >= 15 is 0 Å². The molecule has 0 amide bonds. The summed E-state index contributed by atoms with van der Waals surface area (Å²) >= 11 is 3.50. The van der Waals surface area contributed by atoms with Crippen LogP contribution in [0.1, 0.15) is 5.56 Å². The summed E-state index contributed by atoms with van der Waals surface area (Å²) in [6, 6.07) is 15.0. The van der Waals surface area contributed by atoms with E-state index in [4.69, 9.17) is 4.74 Å². The summed E-state index contributed by atoms with van der Waals surface area (Å²) in [5.41, 5.74) is 2.34. The minimum absolute atomic E-state index is 0.811. The van der Waals surface area contributed by atoms with E-state index in [2.05, 4.69) is 71.2 Å². The van der Waals surface area contributed by atoms with Crippen molar-refractivity contribution in [2.24, 2.45) is 0 Å². The zero-order valence-electron chi connectivity index (χ0n) is 13.0. The molecule has 0 saturated carbocycles. The largest absolute Gasteiger partial charge is 0.497 e. The maximum atomic E-state index is 5.28. The van der Waals surface area contributed by atoms with Crippen LogP contribution in [-0.4, -0.2) is 15.2 Å². The SMILES string of the molecule is COc1cc(Br)cc(NCc2ccc([Si](C)(C)C)cc2)c1. The van der Waals surface area contributed by atoms with E-state index in [0.717, 1.165) is 22.5 Å². The van der Waals surface area contributed by atoms with Gasteiger partial charge in [0.15, 0.2) is 0 Å². The monoisotopic (exact) mass is 363 g/mol. The van der Waals surface area contributed by atoms with Crippen molar-refractivity contribution in [3.8, 4) is 5.75 Å². The number of halogens is 1. The molecule has 2 nitrogen and oxygen atoms in total. The van der Waals surface area contributed by atoms with Crippen LogP contribution >= 0.6 is 15.9 Å². The van der Waals surface area contributed by atoms with E-state index in [1.807, 2.05) is 12.1 Å². The summed E-state index contributed by atoms with van der Waals surface area (Å²) in [5, 5.41) is 4.93. The summed E-state index contributed by atoms with van der Waals surface area (Å²) in [7, 11) is 0.475. The van der Waals surface area contributed by atoms with Crippen LogP contribution in [0.15, 0.2) is 46.9 Å². The first-order valence-electron chi connectivity index (χ1n) is 7.06. The molecule has 2 aromatic carbocycles. The summed E-state index contributed by atoms with van der Waals surface area (Å²) in [4.78, 5) is 0. The van der Waals surface area contributed by atoms with E-state index in [-0.39, 0.29) is 0 Å². The molecule has 0 aliphatic heterocycles. The van der Waals surface area contributed by atoms with Crippen LogP contribution in [0, 0.1) is 0 Å². The first-order chi connectivity index (χ1) is 9.88. The fourth-order valence-corrected chi connectivity index (χ4v) is 3.75. The molecule has 0 spiro atoms. The van der Waals surface area contributed by atoms with E-state index in [1.54, 1.807) is 7.11 Å². The lowest BCUT2D eigenvalue weighted by Gasteiger charge is -2.17. The fourth-order valence-electron chi connectivity index (χ4n) is 2.11. The fraction of sp³-hybridized carbons (Fsp3) is 0.294. The number of hydrogen-bond donors (Lipinski definition) is 1. The predicted octanol–water partition coefficient (Wildman–Crippen LogP) is 4.62. The van der Waals surface area contributed by atoms with Gasteiger partial charge in [0.2, 0.25) is 0 Å². The van der Waals surface area contributed by atoms with Gasteiger partial charge in [0, 0.05) is 22.8 Å². The quantitative estimate of drug-likeness (QED) is 0.782. The minimum atomic E-state index is -1.21. The van der Waals surface area contributed by atoms with Gasteiger partial charge in [-0.2, -0.15) is 0 Å². The molecule has 0 fully saturated rings. The summed E-state index contributed by atoms with van der Waals surface area (Å²) in [6.07, 6.45) is 0. The Kier molecular flexibility index (Phi) is 5.11. The smallest absolute Gasteiger partial charge is 0.122 e. The van der Waals surface area contributed by atoms with Crippen molar-refractivity contribution in [1.82, 2.24) is 0 Å². The number of methoxy groups -OCH3 is 1. The minimum Gasteiger partial charge on any atom is -0.497 e. The number of nitrogens with one attached hydrogen (secondary N) is 1. The Hall–Kier alpha value is -1.26. The topological polar surface area (TPSA) is 21.3 Å². The molecule has 0 saturated heterocycles. The van der Waals surface area contributed by atoms with Crippen LogP contribution in [0.5, 0.6) is 5.75 Å². The lowest BCUT2D eigenvalue weighted by molar-refractivity contribution is 0.414. The third-order valence-corrected chi connectivity index (χ3v) is 5.95. The van der Waals surface area contributed by atoms with Gasteiger partial charge in [-0.15, -0.1) is 0 Å². The van der Waals surface area contributed by atoms with E-state index in [9.17, 15) is 0 Å². The number of ether oxygens (including phenoxy) is 1. The van der Waals surface area contributed by atoms with Crippen molar-refractivity contribution in [2.45, 2.75) is 26.2 Å². The predicted molar refractivity (Wildman–Crippen MR) is 97.4 cm³/mol. The first kappa shape index (κ1) is 16.1. The average Bonchev–Trinajstić information content (AvgIpc) is 2.44. The molecule has 21 heavy (non-hydrogen) atoms. The molecule has 0 aliphatic rings. The van der Waals surface area contributed by atoms with Crippen LogP contribution in [0.4, 0.5) is 5.69 Å².